The molecule has 0 N–H and O–H groups in total. The van der Waals surface area contributed by atoms with Gasteiger partial charge in [0.25, 0.3) is 0 Å². The Bertz CT molecular complexity index is 1690. The summed E-state index contributed by atoms with van der Waals surface area (Å²) in [6.45, 7) is 6.05. The molecule has 6 heteroatoms. The summed E-state index contributed by atoms with van der Waals surface area (Å²) in [6.07, 6.45) is 79.9. The molecule has 0 amide bonds. The summed E-state index contributed by atoms with van der Waals surface area (Å²) in [5.74, 6) is -1.14. The molecule has 0 aromatic carbocycles. The summed E-state index contributed by atoms with van der Waals surface area (Å²) in [6, 6.07) is 0. The maximum absolute atomic E-state index is 12.8. The van der Waals surface area contributed by atoms with Crippen molar-refractivity contribution in [2.45, 2.75) is 149 Å². The number of hydrogen-bond acceptors (Lipinski definition) is 6. The van der Waals surface area contributed by atoms with Crippen LogP contribution >= 0.6 is 0 Å². The lowest BCUT2D eigenvalue weighted by Crippen LogP contribution is -2.30. The first-order valence-corrected chi connectivity index (χ1v) is 24.6. The van der Waals surface area contributed by atoms with Gasteiger partial charge in [0.2, 0.25) is 0 Å². The highest BCUT2D eigenvalue weighted by Crippen LogP contribution is 2.09. The van der Waals surface area contributed by atoms with Crippen LogP contribution in [0.25, 0.3) is 0 Å². The molecule has 1 unspecified atom stereocenters. The fraction of sp³-hybridized carbons (Fsp3) is 0.417. The Kier molecular flexibility index (Phi) is 47.4. The van der Waals surface area contributed by atoms with E-state index in [1.165, 1.54) is 0 Å². The zero-order valence-corrected chi connectivity index (χ0v) is 40.9. The molecule has 1 atom stereocenters. The van der Waals surface area contributed by atoms with E-state index in [0.717, 1.165) is 83.5 Å². The average molecular weight is 901 g/mol. The quantitative estimate of drug-likeness (QED) is 0.0200. The van der Waals surface area contributed by atoms with Crippen molar-refractivity contribution >= 4 is 17.9 Å². The third-order valence-electron chi connectivity index (χ3n) is 9.13. The summed E-state index contributed by atoms with van der Waals surface area (Å²) in [7, 11) is 0. The molecule has 0 spiro atoms. The van der Waals surface area contributed by atoms with E-state index in [-0.39, 0.29) is 44.4 Å². The molecule has 0 aliphatic rings. The molecule has 6 nitrogen and oxygen atoms in total. The van der Waals surface area contributed by atoms with Crippen LogP contribution in [0.1, 0.15) is 143 Å². The molecule has 0 aliphatic carbocycles. The summed E-state index contributed by atoms with van der Waals surface area (Å²) in [5.41, 5.74) is 0. The van der Waals surface area contributed by atoms with Gasteiger partial charge in [0.05, 0.1) is 0 Å². The van der Waals surface area contributed by atoms with Crippen LogP contribution < -0.4 is 0 Å². The van der Waals surface area contributed by atoms with Crippen molar-refractivity contribution in [1.82, 2.24) is 0 Å². The van der Waals surface area contributed by atoms with Gasteiger partial charge in [0.15, 0.2) is 6.10 Å². The summed E-state index contributed by atoms with van der Waals surface area (Å²) >= 11 is 0. The number of unbranched alkanes of at least 4 members (excludes halogenated alkanes) is 6. The van der Waals surface area contributed by atoms with E-state index in [1.54, 1.807) is 0 Å². The van der Waals surface area contributed by atoms with Gasteiger partial charge in [-0.1, -0.05) is 228 Å². The molecule has 66 heavy (non-hydrogen) atoms. The normalized spacial score (nSPS) is 13.8. The van der Waals surface area contributed by atoms with Gasteiger partial charge in [-0.15, -0.1) is 0 Å². The molecule has 0 rings (SSSR count). The lowest BCUT2D eigenvalue weighted by molar-refractivity contribution is -0.166. The number of esters is 3. The van der Waals surface area contributed by atoms with Gasteiger partial charge in [-0.3, -0.25) is 14.4 Å². The van der Waals surface area contributed by atoms with Gasteiger partial charge in [0.1, 0.15) is 13.2 Å². The average Bonchev–Trinajstić information content (AvgIpc) is 3.31. The molecule has 0 aromatic rings. The standard InChI is InChI=1S/C60H84O6/c1-4-7-10-13-16-19-22-25-27-29-30-31-33-35-38-41-44-47-50-53-59(62)65-56-57(55-64-58(61)52-49-46-43-40-37-34-24-21-18-15-12-9-6-3)66-60(63)54-51-48-45-42-39-36-32-28-26-23-20-17-14-11-8-5-2/h7-13,15-22,24-31,33-39,45,48,57H,4-6,14,23,32,40-44,46-47,49-56H2,1-3H3/b10-7+,11-8+,12-9+,16-13+,18-15+,20-17+,22-19+,24-21+,27-25+,28-26+,30-29+,33-31+,37-34+,38-35+,39-36+,48-45+. The summed E-state index contributed by atoms with van der Waals surface area (Å²) < 4.78 is 16.6. The molecule has 0 fully saturated rings. The van der Waals surface area contributed by atoms with Crippen LogP contribution in [0.5, 0.6) is 0 Å². The first-order valence-electron chi connectivity index (χ1n) is 24.6. The third kappa shape index (κ3) is 49.3. The second-order valence-electron chi connectivity index (χ2n) is 15.1. The van der Waals surface area contributed by atoms with Crippen LogP contribution in [-0.2, 0) is 28.6 Å². The van der Waals surface area contributed by atoms with Crippen LogP contribution in [0.2, 0.25) is 0 Å². The summed E-state index contributed by atoms with van der Waals surface area (Å²) in [5, 5.41) is 0. The lowest BCUT2D eigenvalue weighted by Gasteiger charge is -2.18. The molecule has 0 radical (unpaired) electrons. The zero-order chi connectivity index (χ0) is 47.9. The monoisotopic (exact) mass is 901 g/mol. The highest BCUT2D eigenvalue weighted by atomic mass is 16.6. The minimum Gasteiger partial charge on any atom is -0.462 e. The maximum atomic E-state index is 12.8. The van der Waals surface area contributed by atoms with Crippen molar-refractivity contribution in [3.05, 3.63) is 194 Å². The first-order chi connectivity index (χ1) is 32.5. The van der Waals surface area contributed by atoms with E-state index in [0.29, 0.717) is 19.3 Å². The van der Waals surface area contributed by atoms with E-state index in [1.807, 2.05) is 122 Å². The minimum absolute atomic E-state index is 0.156. The maximum Gasteiger partial charge on any atom is 0.306 e. The van der Waals surface area contributed by atoms with Gasteiger partial charge < -0.3 is 14.2 Å². The summed E-state index contributed by atoms with van der Waals surface area (Å²) in [4.78, 5) is 37.9. The Balaban J connectivity index is 4.71. The van der Waals surface area contributed by atoms with E-state index in [2.05, 4.69) is 93.7 Å². The van der Waals surface area contributed by atoms with E-state index < -0.39 is 12.1 Å². The Morgan fingerprint density at radius 1 is 0.318 bits per heavy atom. The molecular formula is C60H84O6. The van der Waals surface area contributed by atoms with Crippen LogP contribution in [-0.4, -0.2) is 37.2 Å². The van der Waals surface area contributed by atoms with Crippen LogP contribution in [0, 0.1) is 0 Å². The Morgan fingerprint density at radius 2 is 0.652 bits per heavy atom. The lowest BCUT2D eigenvalue weighted by atomic mass is 10.1. The second kappa shape index (κ2) is 51.9. The third-order valence-corrected chi connectivity index (χ3v) is 9.13. The van der Waals surface area contributed by atoms with Crippen molar-refractivity contribution in [3.63, 3.8) is 0 Å². The molecule has 0 aromatic heterocycles. The van der Waals surface area contributed by atoms with Crippen molar-refractivity contribution in [2.75, 3.05) is 13.2 Å². The van der Waals surface area contributed by atoms with E-state index in [4.69, 9.17) is 14.2 Å². The Morgan fingerprint density at radius 3 is 1.03 bits per heavy atom. The van der Waals surface area contributed by atoms with E-state index >= 15 is 0 Å². The van der Waals surface area contributed by atoms with Gasteiger partial charge in [-0.25, -0.2) is 0 Å². The molecule has 0 saturated heterocycles. The fourth-order valence-electron chi connectivity index (χ4n) is 5.54. The van der Waals surface area contributed by atoms with Crippen molar-refractivity contribution in [3.8, 4) is 0 Å². The number of carbonyl (C=O) groups is 3. The minimum atomic E-state index is -0.865. The van der Waals surface area contributed by atoms with Crippen LogP contribution in [0.15, 0.2) is 194 Å². The SMILES string of the molecule is CC/C=C/C=C/C=C/C=C/C=C/C=C/C=C/CCCCCC(=O)OCC(COC(=O)CCCCC/C=C/C=C/C=C/C=C/CC)OC(=O)CC/C=C/C/C=C/C/C=C/C/C=C/C/C=C/CC. The predicted molar refractivity (Wildman–Crippen MR) is 283 cm³/mol. The van der Waals surface area contributed by atoms with Gasteiger partial charge in [-0.05, 0) is 89.9 Å². The second-order valence-corrected chi connectivity index (χ2v) is 15.1. The van der Waals surface area contributed by atoms with E-state index in [9.17, 15) is 14.4 Å². The number of allylic oxidation sites excluding steroid dienone is 32. The van der Waals surface area contributed by atoms with Crippen LogP contribution in [0.4, 0.5) is 0 Å². The van der Waals surface area contributed by atoms with Crippen molar-refractivity contribution in [1.29, 1.82) is 0 Å². The zero-order valence-electron chi connectivity index (χ0n) is 40.9. The fourth-order valence-corrected chi connectivity index (χ4v) is 5.54. The first kappa shape index (κ1) is 60.2. The van der Waals surface area contributed by atoms with Gasteiger partial charge in [-0.2, -0.15) is 0 Å². The van der Waals surface area contributed by atoms with Gasteiger partial charge >= 0.3 is 17.9 Å². The Hall–Kier alpha value is -5.75. The van der Waals surface area contributed by atoms with Crippen molar-refractivity contribution in [2.24, 2.45) is 0 Å². The predicted octanol–water partition coefficient (Wildman–Crippen LogP) is 16.4. The number of carbonyl (C=O) groups excluding carboxylic acids is 3. The molecule has 0 saturated carbocycles. The molecular weight excluding hydrogens is 817 g/mol. The number of hydrogen-bond donors (Lipinski definition) is 0. The molecule has 0 aliphatic heterocycles. The largest absolute Gasteiger partial charge is 0.462 e. The highest BCUT2D eigenvalue weighted by molar-refractivity contribution is 5.71. The number of ether oxygens (including phenoxy) is 3. The molecule has 360 valence electrons. The van der Waals surface area contributed by atoms with Gasteiger partial charge in [0, 0.05) is 19.3 Å². The topological polar surface area (TPSA) is 78.9 Å². The number of rotatable bonds is 40. The van der Waals surface area contributed by atoms with Crippen LogP contribution in [0.3, 0.4) is 0 Å². The smallest absolute Gasteiger partial charge is 0.306 e. The highest BCUT2D eigenvalue weighted by Gasteiger charge is 2.19. The van der Waals surface area contributed by atoms with Crippen molar-refractivity contribution < 1.29 is 28.6 Å². The Labute approximate surface area is 401 Å². The molecule has 0 heterocycles. The molecule has 0 bridgehead atoms.